The molecule has 1 rings (SSSR count). The summed E-state index contributed by atoms with van der Waals surface area (Å²) in [6.07, 6.45) is 2.37. The van der Waals surface area contributed by atoms with Crippen LogP contribution in [0.2, 0.25) is 0 Å². The summed E-state index contributed by atoms with van der Waals surface area (Å²) in [6, 6.07) is 0. The Kier molecular flexibility index (Phi) is 4.22. The van der Waals surface area contributed by atoms with Gasteiger partial charge in [-0.2, -0.15) is 0 Å². The molecule has 0 fully saturated rings. The lowest BCUT2D eigenvalue weighted by Gasteiger charge is -2.08. The van der Waals surface area contributed by atoms with Crippen molar-refractivity contribution in [2.24, 2.45) is 0 Å². The molecule has 5 nitrogen and oxygen atoms in total. The number of nitrogens with zero attached hydrogens (tertiary/aromatic N) is 2. The zero-order chi connectivity index (χ0) is 12.1. The molecule has 1 heterocycles. The molecule has 0 saturated carbocycles. The molecule has 1 amide bonds. The van der Waals surface area contributed by atoms with Crippen LogP contribution in [0.5, 0.6) is 0 Å². The van der Waals surface area contributed by atoms with Crippen molar-refractivity contribution >= 4 is 11.6 Å². The van der Waals surface area contributed by atoms with Crippen molar-refractivity contribution in [2.45, 2.75) is 33.1 Å². The first-order valence-electron chi connectivity index (χ1n) is 5.46. The Morgan fingerprint density at radius 1 is 1.56 bits per heavy atom. The van der Waals surface area contributed by atoms with E-state index in [0.29, 0.717) is 18.1 Å². The number of nitrogens with one attached hydrogen (secondary N) is 1. The Morgan fingerprint density at radius 3 is 2.81 bits per heavy atom. The largest absolute Gasteiger partial charge is 0.396 e. The molecule has 0 spiro atoms. The topological polar surface area (TPSA) is 80.9 Å². The third-order valence-corrected chi connectivity index (χ3v) is 2.10. The highest BCUT2D eigenvalue weighted by Gasteiger charge is 2.13. The molecule has 16 heavy (non-hydrogen) atoms. The fourth-order valence-corrected chi connectivity index (χ4v) is 1.19. The van der Waals surface area contributed by atoms with Gasteiger partial charge in [-0.3, -0.25) is 4.79 Å². The first kappa shape index (κ1) is 12.4. The van der Waals surface area contributed by atoms with E-state index in [1.165, 1.54) is 6.20 Å². The van der Waals surface area contributed by atoms with Gasteiger partial charge in [-0.25, -0.2) is 9.97 Å². The van der Waals surface area contributed by atoms with Gasteiger partial charge in [0.2, 0.25) is 0 Å². The third-order valence-electron chi connectivity index (χ3n) is 2.10. The van der Waals surface area contributed by atoms with E-state index in [1.54, 1.807) is 0 Å². The molecule has 5 heteroatoms. The van der Waals surface area contributed by atoms with Crippen molar-refractivity contribution in [3.63, 3.8) is 0 Å². The van der Waals surface area contributed by atoms with E-state index in [1.807, 2.05) is 20.8 Å². The summed E-state index contributed by atoms with van der Waals surface area (Å²) in [7, 11) is 0. The van der Waals surface area contributed by atoms with Crippen LogP contribution < -0.4 is 11.1 Å². The van der Waals surface area contributed by atoms with E-state index in [-0.39, 0.29) is 17.5 Å². The standard InChI is InChI=1S/C11H18N4O/c1-4-5-13-11(16)9-8(12)6-14-10(15-9)7(2)3/h6-7H,4-5,12H2,1-3H3,(H,13,16). The lowest BCUT2D eigenvalue weighted by molar-refractivity contribution is 0.0949. The monoisotopic (exact) mass is 222 g/mol. The summed E-state index contributed by atoms with van der Waals surface area (Å²) in [5, 5.41) is 2.75. The second-order valence-electron chi connectivity index (χ2n) is 3.94. The SMILES string of the molecule is CCCNC(=O)c1nc(C(C)C)ncc1N. The average molecular weight is 222 g/mol. The van der Waals surface area contributed by atoms with E-state index in [4.69, 9.17) is 5.73 Å². The van der Waals surface area contributed by atoms with Crippen LogP contribution in [-0.4, -0.2) is 22.4 Å². The minimum Gasteiger partial charge on any atom is -0.396 e. The van der Waals surface area contributed by atoms with Crippen LogP contribution in [0.25, 0.3) is 0 Å². The molecule has 3 N–H and O–H groups in total. The van der Waals surface area contributed by atoms with Crippen molar-refractivity contribution in [1.82, 2.24) is 15.3 Å². The van der Waals surface area contributed by atoms with Crippen molar-refractivity contribution in [2.75, 3.05) is 12.3 Å². The van der Waals surface area contributed by atoms with Crippen molar-refractivity contribution in [3.05, 3.63) is 17.7 Å². The van der Waals surface area contributed by atoms with Gasteiger partial charge in [0.1, 0.15) is 5.82 Å². The van der Waals surface area contributed by atoms with Crippen LogP contribution >= 0.6 is 0 Å². The Morgan fingerprint density at radius 2 is 2.25 bits per heavy atom. The minimum absolute atomic E-state index is 0.179. The lowest BCUT2D eigenvalue weighted by Crippen LogP contribution is -2.26. The van der Waals surface area contributed by atoms with Gasteiger partial charge in [0.25, 0.3) is 5.91 Å². The van der Waals surface area contributed by atoms with E-state index in [9.17, 15) is 4.79 Å². The van der Waals surface area contributed by atoms with Gasteiger partial charge in [-0.15, -0.1) is 0 Å². The van der Waals surface area contributed by atoms with Crippen LogP contribution in [0.1, 0.15) is 49.4 Å². The molecule has 0 aliphatic heterocycles. The number of aromatic nitrogens is 2. The number of anilines is 1. The zero-order valence-electron chi connectivity index (χ0n) is 9.95. The smallest absolute Gasteiger partial charge is 0.272 e. The van der Waals surface area contributed by atoms with Crippen LogP contribution in [-0.2, 0) is 0 Å². The molecule has 88 valence electrons. The van der Waals surface area contributed by atoms with E-state index < -0.39 is 0 Å². The predicted molar refractivity (Wildman–Crippen MR) is 63.2 cm³/mol. The number of carbonyl (C=O) groups is 1. The van der Waals surface area contributed by atoms with Crippen molar-refractivity contribution in [1.29, 1.82) is 0 Å². The molecule has 0 aromatic carbocycles. The lowest BCUT2D eigenvalue weighted by atomic mass is 10.2. The normalized spacial score (nSPS) is 10.5. The van der Waals surface area contributed by atoms with Gasteiger partial charge < -0.3 is 11.1 Å². The minimum atomic E-state index is -0.233. The van der Waals surface area contributed by atoms with E-state index >= 15 is 0 Å². The second kappa shape index (κ2) is 5.44. The van der Waals surface area contributed by atoms with Gasteiger partial charge in [0.15, 0.2) is 5.69 Å². The van der Waals surface area contributed by atoms with Crippen LogP contribution in [0, 0.1) is 0 Å². The van der Waals surface area contributed by atoms with Crippen molar-refractivity contribution < 1.29 is 4.79 Å². The van der Waals surface area contributed by atoms with Crippen LogP contribution in [0.4, 0.5) is 5.69 Å². The number of amides is 1. The van der Waals surface area contributed by atoms with Gasteiger partial charge >= 0.3 is 0 Å². The Hall–Kier alpha value is -1.65. The second-order valence-corrected chi connectivity index (χ2v) is 3.94. The molecule has 0 saturated heterocycles. The van der Waals surface area contributed by atoms with Gasteiger partial charge in [0, 0.05) is 12.5 Å². The number of carbonyl (C=O) groups excluding carboxylic acids is 1. The molecule has 0 aliphatic rings. The maximum atomic E-state index is 11.7. The number of hydrogen-bond acceptors (Lipinski definition) is 4. The zero-order valence-corrected chi connectivity index (χ0v) is 9.95. The fourth-order valence-electron chi connectivity index (χ4n) is 1.19. The predicted octanol–water partition coefficient (Wildman–Crippen LogP) is 1.32. The first-order chi connectivity index (χ1) is 7.56. The Labute approximate surface area is 95.5 Å². The highest BCUT2D eigenvalue weighted by Crippen LogP contribution is 2.13. The van der Waals surface area contributed by atoms with Crippen molar-refractivity contribution in [3.8, 4) is 0 Å². The van der Waals surface area contributed by atoms with Crippen LogP contribution in [0.15, 0.2) is 6.20 Å². The highest BCUT2D eigenvalue weighted by molar-refractivity contribution is 5.96. The molecular formula is C11H18N4O. The summed E-state index contributed by atoms with van der Waals surface area (Å²) < 4.78 is 0. The van der Waals surface area contributed by atoms with E-state index in [0.717, 1.165) is 6.42 Å². The van der Waals surface area contributed by atoms with Gasteiger partial charge in [-0.05, 0) is 6.42 Å². The quantitative estimate of drug-likeness (QED) is 0.805. The molecule has 0 bridgehead atoms. The molecule has 1 aromatic rings. The van der Waals surface area contributed by atoms with Gasteiger partial charge in [0.05, 0.1) is 11.9 Å². The van der Waals surface area contributed by atoms with E-state index in [2.05, 4.69) is 15.3 Å². The summed E-state index contributed by atoms with van der Waals surface area (Å²) in [6.45, 7) is 6.56. The summed E-state index contributed by atoms with van der Waals surface area (Å²) in [4.78, 5) is 20.0. The average Bonchev–Trinajstić information content (AvgIpc) is 2.26. The molecule has 0 atom stereocenters. The Bertz CT molecular complexity index is 376. The van der Waals surface area contributed by atoms with Crippen LogP contribution in [0.3, 0.4) is 0 Å². The molecule has 0 aliphatic carbocycles. The summed E-state index contributed by atoms with van der Waals surface area (Å²) in [5.41, 5.74) is 6.26. The first-order valence-corrected chi connectivity index (χ1v) is 5.46. The molecule has 0 radical (unpaired) electrons. The number of rotatable bonds is 4. The number of nitrogens with two attached hydrogens (primary N) is 1. The Balaban J connectivity index is 2.93. The van der Waals surface area contributed by atoms with Gasteiger partial charge in [-0.1, -0.05) is 20.8 Å². The number of hydrogen-bond donors (Lipinski definition) is 2. The third kappa shape index (κ3) is 2.92. The fraction of sp³-hybridized carbons (Fsp3) is 0.545. The highest BCUT2D eigenvalue weighted by atomic mass is 16.1. The summed E-state index contributed by atoms with van der Waals surface area (Å²) in [5.74, 6) is 0.581. The molecular weight excluding hydrogens is 204 g/mol. The summed E-state index contributed by atoms with van der Waals surface area (Å²) >= 11 is 0. The molecule has 0 unspecified atom stereocenters. The maximum Gasteiger partial charge on any atom is 0.272 e. The molecule has 1 aromatic heterocycles. The maximum absolute atomic E-state index is 11.7. The number of nitrogen functional groups attached to an aromatic ring is 1.